The van der Waals surface area contributed by atoms with E-state index in [9.17, 15) is 0 Å². The van der Waals surface area contributed by atoms with Gasteiger partial charge in [0.1, 0.15) is 0 Å². The molecule has 1 unspecified atom stereocenters. The summed E-state index contributed by atoms with van der Waals surface area (Å²) in [6.07, 6.45) is 6.17. The van der Waals surface area contributed by atoms with Crippen LogP contribution in [0.5, 0.6) is 0 Å². The lowest BCUT2D eigenvalue weighted by molar-refractivity contribution is 0.489. The van der Waals surface area contributed by atoms with Crippen LogP contribution in [-0.4, -0.2) is 14.8 Å². The van der Waals surface area contributed by atoms with Crippen LogP contribution in [0.2, 0.25) is 0 Å². The van der Waals surface area contributed by atoms with Crippen LogP contribution in [0.4, 0.5) is 0 Å². The Morgan fingerprint density at radius 2 is 2.17 bits per heavy atom. The molecular weight excluding hydrogens is 294 g/mol. The second-order valence-corrected chi connectivity index (χ2v) is 4.83. The number of rotatable bonds is 5. The molecule has 0 aliphatic rings. The summed E-state index contributed by atoms with van der Waals surface area (Å²) < 4.78 is 2.91. The number of hydrazine groups is 1. The Labute approximate surface area is 115 Å². The molecule has 0 amide bonds. The second kappa shape index (κ2) is 6.08. The lowest BCUT2D eigenvalue weighted by Gasteiger charge is -2.18. The van der Waals surface area contributed by atoms with Gasteiger partial charge in [0, 0.05) is 18.9 Å². The number of pyridine rings is 1. The molecular formula is C12H16BrN5. The second-order valence-electron chi connectivity index (χ2n) is 3.97. The summed E-state index contributed by atoms with van der Waals surface area (Å²) in [5.41, 5.74) is 5.11. The summed E-state index contributed by atoms with van der Waals surface area (Å²) in [6, 6.07) is 4.00. The molecule has 5 nitrogen and oxygen atoms in total. The van der Waals surface area contributed by atoms with Gasteiger partial charge in [0.2, 0.25) is 0 Å². The Bertz CT molecular complexity index is 496. The standard InChI is InChI=1S/C12H16BrN5/c1-2-18-12(10(13)8-16-18)11(17-14)7-9-3-5-15-6-4-9/h3-6,8,11,17H,2,7,14H2,1H3. The van der Waals surface area contributed by atoms with Gasteiger partial charge < -0.3 is 0 Å². The molecule has 2 heterocycles. The van der Waals surface area contributed by atoms with E-state index >= 15 is 0 Å². The maximum Gasteiger partial charge on any atom is 0.0712 e. The fourth-order valence-electron chi connectivity index (χ4n) is 1.96. The van der Waals surface area contributed by atoms with Crippen molar-refractivity contribution in [2.45, 2.75) is 25.9 Å². The van der Waals surface area contributed by atoms with Crippen LogP contribution in [0.1, 0.15) is 24.2 Å². The molecule has 0 saturated carbocycles. The minimum atomic E-state index is 0.0178. The van der Waals surface area contributed by atoms with Crippen LogP contribution >= 0.6 is 15.9 Å². The predicted octanol–water partition coefficient (Wildman–Crippen LogP) is 1.81. The fourth-order valence-corrected chi connectivity index (χ4v) is 2.53. The third-order valence-electron chi connectivity index (χ3n) is 2.85. The minimum absolute atomic E-state index is 0.0178. The lowest BCUT2D eigenvalue weighted by atomic mass is 10.1. The van der Waals surface area contributed by atoms with Crippen LogP contribution in [-0.2, 0) is 13.0 Å². The van der Waals surface area contributed by atoms with Gasteiger partial charge in [-0.15, -0.1) is 0 Å². The molecule has 6 heteroatoms. The number of hydrogen-bond donors (Lipinski definition) is 2. The zero-order valence-electron chi connectivity index (χ0n) is 10.2. The van der Waals surface area contributed by atoms with E-state index in [-0.39, 0.29) is 6.04 Å². The van der Waals surface area contributed by atoms with E-state index in [1.54, 1.807) is 18.6 Å². The highest BCUT2D eigenvalue weighted by Crippen LogP contribution is 2.25. The first-order valence-corrected chi connectivity index (χ1v) is 6.61. The van der Waals surface area contributed by atoms with E-state index in [2.05, 4.69) is 38.4 Å². The van der Waals surface area contributed by atoms with E-state index in [1.165, 1.54) is 5.56 Å². The summed E-state index contributed by atoms with van der Waals surface area (Å²) in [6.45, 7) is 2.87. The number of nitrogens with zero attached hydrogens (tertiary/aromatic N) is 3. The summed E-state index contributed by atoms with van der Waals surface area (Å²) in [7, 11) is 0. The maximum atomic E-state index is 5.68. The van der Waals surface area contributed by atoms with Crippen molar-refractivity contribution in [1.82, 2.24) is 20.2 Å². The molecule has 0 aliphatic carbocycles. The van der Waals surface area contributed by atoms with Crippen molar-refractivity contribution >= 4 is 15.9 Å². The molecule has 0 fully saturated rings. The van der Waals surface area contributed by atoms with Gasteiger partial charge in [0.25, 0.3) is 0 Å². The van der Waals surface area contributed by atoms with Gasteiger partial charge in [-0.1, -0.05) is 0 Å². The third-order valence-corrected chi connectivity index (χ3v) is 3.46. The Balaban J connectivity index is 2.25. The first-order valence-electron chi connectivity index (χ1n) is 5.82. The largest absolute Gasteiger partial charge is 0.271 e. The summed E-state index contributed by atoms with van der Waals surface area (Å²) in [5.74, 6) is 5.68. The van der Waals surface area contributed by atoms with Crippen molar-refractivity contribution in [2.75, 3.05) is 0 Å². The molecule has 18 heavy (non-hydrogen) atoms. The number of aromatic nitrogens is 3. The zero-order valence-corrected chi connectivity index (χ0v) is 11.8. The highest BCUT2D eigenvalue weighted by molar-refractivity contribution is 9.10. The van der Waals surface area contributed by atoms with Gasteiger partial charge in [-0.25, -0.2) is 0 Å². The van der Waals surface area contributed by atoms with Gasteiger partial charge in [-0.05, 0) is 47.0 Å². The topological polar surface area (TPSA) is 68.8 Å². The molecule has 2 aromatic heterocycles. The summed E-state index contributed by atoms with van der Waals surface area (Å²) in [5, 5.41) is 4.31. The van der Waals surface area contributed by atoms with Crippen molar-refractivity contribution in [2.24, 2.45) is 5.84 Å². The van der Waals surface area contributed by atoms with E-state index in [0.29, 0.717) is 0 Å². The molecule has 1 atom stereocenters. The van der Waals surface area contributed by atoms with E-state index < -0.39 is 0 Å². The highest BCUT2D eigenvalue weighted by Gasteiger charge is 2.18. The van der Waals surface area contributed by atoms with Crippen molar-refractivity contribution < 1.29 is 0 Å². The van der Waals surface area contributed by atoms with Crippen LogP contribution < -0.4 is 11.3 Å². The van der Waals surface area contributed by atoms with Crippen LogP contribution in [0.25, 0.3) is 0 Å². The SMILES string of the molecule is CCn1ncc(Br)c1C(Cc1ccncc1)NN. The first-order chi connectivity index (χ1) is 8.76. The van der Waals surface area contributed by atoms with Crippen molar-refractivity contribution in [3.05, 3.63) is 46.5 Å². The van der Waals surface area contributed by atoms with Crippen LogP contribution in [0, 0.1) is 0 Å². The van der Waals surface area contributed by atoms with Crippen LogP contribution in [0.3, 0.4) is 0 Å². The number of nitrogens with one attached hydrogen (secondary N) is 1. The van der Waals surface area contributed by atoms with E-state index in [1.807, 2.05) is 16.8 Å². The quantitative estimate of drug-likeness (QED) is 0.653. The van der Waals surface area contributed by atoms with Crippen LogP contribution in [0.15, 0.2) is 35.2 Å². The average Bonchev–Trinajstić information content (AvgIpc) is 2.78. The molecule has 0 radical (unpaired) electrons. The average molecular weight is 310 g/mol. The third kappa shape index (κ3) is 2.77. The van der Waals surface area contributed by atoms with Gasteiger partial charge in [0.15, 0.2) is 0 Å². The maximum absolute atomic E-state index is 5.68. The first kappa shape index (κ1) is 13.2. The van der Waals surface area contributed by atoms with Gasteiger partial charge >= 0.3 is 0 Å². The molecule has 0 aliphatic heterocycles. The van der Waals surface area contributed by atoms with Gasteiger partial charge in [-0.3, -0.25) is 20.9 Å². The Kier molecular flexibility index (Phi) is 4.46. The van der Waals surface area contributed by atoms with Gasteiger partial charge in [-0.2, -0.15) is 5.10 Å². The Morgan fingerprint density at radius 3 is 2.78 bits per heavy atom. The molecule has 0 bridgehead atoms. The van der Waals surface area contributed by atoms with Crippen molar-refractivity contribution in [1.29, 1.82) is 0 Å². The van der Waals surface area contributed by atoms with Crippen molar-refractivity contribution in [3.63, 3.8) is 0 Å². The fraction of sp³-hybridized carbons (Fsp3) is 0.333. The molecule has 2 rings (SSSR count). The highest BCUT2D eigenvalue weighted by atomic mass is 79.9. The van der Waals surface area contributed by atoms with Gasteiger partial charge in [0.05, 0.1) is 22.4 Å². The number of hydrogen-bond acceptors (Lipinski definition) is 4. The Morgan fingerprint density at radius 1 is 1.44 bits per heavy atom. The molecule has 3 N–H and O–H groups in total. The molecule has 0 aromatic carbocycles. The number of nitrogens with two attached hydrogens (primary N) is 1. The summed E-state index contributed by atoms with van der Waals surface area (Å²) >= 11 is 3.52. The number of halogens is 1. The lowest BCUT2D eigenvalue weighted by Crippen LogP contribution is -2.31. The number of aryl methyl sites for hydroxylation is 1. The zero-order chi connectivity index (χ0) is 13.0. The predicted molar refractivity (Wildman–Crippen MR) is 73.6 cm³/mol. The molecule has 0 saturated heterocycles. The minimum Gasteiger partial charge on any atom is -0.271 e. The molecule has 96 valence electrons. The Hall–Kier alpha value is -1.24. The monoisotopic (exact) mass is 309 g/mol. The normalized spacial score (nSPS) is 12.6. The smallest absolute Gasteiger partial charge is 0.0712 e. The molecule has 0 spiro atoms. The van der Waals surface area contributed by atoms with E-state index in [0.717, 1.165) is 23.1 Å². The van der Waals surface area contributed by atoms with E-state index in [4.69, 9.17) is 5.84 Å². The summed E-state index contributed by atoms with van der Waals surface area (Å²) in [4.78, 5) is 4.01. The molecule has 2 aromatic rings. The van der Waals surface area contributed by atoms with Crippen molar-refractivity contribution in [3.8, 4) is 0 Å².